The summed E-state index contributed by atoms with van der Waals surface area (Å²) in [6.45, 7) is 5.81. The molecule has 0 aliphatic carbocycles. The summed E-state index contributed by atoms with van der Waals surface area (Å²) in [7, 11) is 1.76. The van der Waals surface area contributed by atoms with Gasteiger partial charge in [0.05, 0.1) is 23.9 Å². The number of ether oxygens (including phenoxy) is 1. The standard InChI is InChI=1S/C26H30N8O2/c1-16(18-4-6-19(7-5-18)25(27)35)34-17(2)30-21-15-29-24(14-22(21)34)31-23-8-11-28-26(32-23)33-12-9-20(36-3)10-13-33/h4-8,11,14-16,20H,9-10,12-13H2,1-3H3,(H2,27,35)(H,28,29,31,32). The van der Waals surface area contributed by atoms with Crippen LogP contribution in [0.5, 0.6) is 0 Å². The molecule has 4 aromatic rings. The van der Waals surface area contributed by atoms with Gasteiger partial charge in [0.15, 0.2) is 0 Å². The molecule has 3 N–H and O–H groups in total. The number of amides is 1. The third-order valence-corrected chi connectivity index (χ3v) is 6.77. The van der Waals surface area contributed by atoms with E-state index in [1.807, 2.05) is 31.2 Å². The van der Waals surface area contributed by atoms with Crippen LogP contribution in [0.4, 0.5) is 17.6 Å². The van der Waals surface area contributed by atoms with Gasteiger partial charge in [-0.1, -0.05) is 12.1 Å². The number of nitrogens with one attached hydrogen (secondary N) is 1. The van der Waals surface area contributed by atoms with Gasteiger partial charge in [-0.15, -0.1) is 0 Å². The van der Waals surface area contributed by atoms with E-state index in [1.54, 1.807) is 31.6 Å². The first-order chi connectivity index (χ1) is 17.4. The number of primary amides is 1. The van der Waals surface area contributed by atoms with E-state index in [4.69, 9.17) is 20.4 Å². The summed E-state index contributed by atoms with van der Waals surface area (Å²) in [6.07, 6.45) is 5.75. The molecular formula is C26H30N8O2. The minimum Gasteiger partial charge on any atom is -0.381 e. The molecule has 1 aliphatic heterocycles. The van der Waals surface area contributed by atoms with Crippen LogP contribution in [0.2, 0.25) is 0 Å². The molecule has 1 saturated heterocycles. The molecule has 1 amide bonds. The fourth-order valence-electron chi connectivity index (χ4n) is 4.74. The number of aromatic nitrogens is 5. The Morgan fingerprint density at radius 2 is 1.86 bits per heavy atom. The number of nitrogens with two attached hydrogens (primary N) is 1. The number of carbonyl (C=O) groups is 1. The molecule has 36 heavy (non-hydrogen) atoms. The van der Waals surface area contributed by atoms with Crippen molar-refractivity contribution in [2.75, 3.05) is 30.4 Å². The largest absolute Gasteiger partial charge is 0.381 e. The molecule has 0 spiro atoms. The Morgan fingerprint density at radius 3 is 2.56 bits per heavy atom. The number of carbonyl (C=O) groups excluding carboxylic acids is 1. The molecule has 10 heteroatoms. The van der Waals surface area contributed by atoms with Gasteiger partial charge in [0, 0.05) is 38.0 Å². The van der Waals surface area contributed by atoms with Crippen molar-refractivity contribution in [2.24, 2.45) is 5.73 Å². The molecule has 0 radical (unpaired) electrons. The maximum atomic E-state index is 11.4. The SMILES string of the molecule is COC1CCN(c2nccc(Nc3cc4c(cn3)nc(C)n4C(C)c3ccc(C(N)=O)cc3)n2)CC1. The molecule has 10 nitrogen and oxygen atoms in total. The number of pyridine rings is 1. The molecule has 1 aromatic carbocycles. The number of anilines is 3. The highest BCUT2D eigenvalue weighted by molar-refractivity contribution is 5.92. The van der Waals surface area contributed by atoms with Crippen molar-refractivity contribution in [3.8, 4) is 0 Å². The number of rotatable bonds is 7. The quantitative estimate of drug-likeness (QED) is 0.406. The van der Waals surface area contributed by atoms with Gasteiger partial charge in [-0.05, 0) is 50.5 Å². The second-order valence-electron chi connectivity index (χ2n) is 9.04. The lowest BCUT2D eigenvalue weighted by atomic mass is 10.1. The Bertz CT molecular complexity index is 1380. The lowest BCUT2D eigenvalue weighted by Crippen LogP contribution is -2.37. The summed E-state index contributed by atoms with van der Waals surface area (Å²) in [5, 5.41) is 3.32. The number of methoxy groups -OCH3 is 1. The summed E-state index contributed by atoms with van der Waals surface area (Å²) in [4.78, 5) is 32.1. The number of imidazole rings is 1. The second kappa shape index (κ2) is 9.90. The summed E-state index contributed by atoms with van der Waals surface area (Å²) in [6, 6.07) is 11.2. The number of hydrogen-bond acceptors (Lipinski definition) is 8. The zero-order chi connectivity index (χ0) is 25.2. The monoisotopic (exact) mass is 486 g/mol. The Hall–Kier alpha value is -4.05. The van der Waals surface area contributed by atoms with Crippen molar-refractivity contribution in [1.82, 2.24) is 24.5 Å². The maximum absolute atomic E-state index is 11.4. The average Bonchev–Trinajstić information content (AvgIpc) is 3.23. The molecule has 4 heterocycles. The first kappa shape index (κ1) is 23.7. The molecule has 0 saturated carbocycles. The first-order valence-electron chi connectivity index (χ1n) is 12.0. The topological polar surface area (TPSA) is 124 Å². The van der Waals surface area contributed by atoms with E-state index >= 15 is 0 Å². The van der Waals surface area contributed by atoms with Gasteiger partial charge in [-0.2, -0.15) is 4.98 Å². The van der Waals surface area contributed by atoms with Crippen LogP contribution in [0.25, 0.3) is 11.0 Å². The molecule has 1 fully saturated rings. The fraction of sp³-hybridized carbons (Fsp3) is 0.346. The third kappa shape index (κ3) is 4.72. The predicted octanol–water partition coefficient (Wildman–Crippen LogP) is 3.60. The first-order valence-corrected chi connectivity index (χ1v) is 12.0. The third-order valence-electron chi connectivity index (χ3n) is 6.77. The summed E-state index contributed by atoms with van der Waals surface area (Å²) in [5.41, 5.74) is 8.69. The maximum Gasteiger partial charge on any atom is 0.248 e. The van der Waals surface area contributed by atoms with Crippen LogP contribution >= 0.6 is 0 Å². The molecular weight excluding hydrogens is 456 g/mol. The Kier molecular flexibility index (Phi) is 6.51. The van der Waals surface area contributed by atoms with Gasteiger partial charge >= 0.3 is 0 Å². The van der Waals surface area contributed by atoms with Crippen LogP contribution < -0.4 is 16.0 Å². The highest BCUT2D eigenvalue weighted by Gasteiger charge is 2.21. The van der Waals surface area contributed by atoms with Gasteiger partial charge in [0.2, 0.25) is 11.9 Å². The lowest BCUT2D eigenvalue weighted by Gasteiger charge is -2.31. The normalized spacial score (nSPS) is 15.2. The highest BCUT2D eigenvalue weighted by Crippen LogP contribution is 2.28. The van der Waals surface area contributed by atoms with Crippen molar-refractivity contribution in [3.63, 3.8) is 0 Å². The van der Waals surface area contributed by atoms with Crippen LogP contribution in [0.1, 0.15) is 47.6 Å². The van der Waals surface area contributed by atoms with Gasteiger partial charge in [-0.25, -0.2) is 15.0 Å². The van der Waals surface area contributed by atoms with Crippen molar-refractivity contribution < 1.29 is 9.53 Å². The van der Waals surface area contributed by atoms with Gasteiger partial charge < -0.3 is 25.3 Å². The van der Waals surface area contributed by atoms with E-state index in [0.29, 0.717) is 29.3 Å². The van der Waals surface area contributed by atoms with Crippen molar-refractivity contribution in [1.29, 1.82) is 0 Å². The number of fused-ring (bicyclic) bond motifs is 1. The van der Waals surface area contributed by atoms with Crippen molar-refractivity contribution >= 4 is 34.5 Å². The van der Waals surface area contributed by atoms with Crippen LogP contribution in [0, 0.1) is 6.92 Å². The van der Waals surface area contributed by atoms with E-state index in [9.17, 15) is 4.79 Å². The lowest BCUT2D eigenvalue weighted by molar-refractivity contribution is 0.0816. The summed E-state index contributed by atoms with van der Waals surface area (Å²) in [5.74, 6) is 2.48. The van der Waals surface area contributed by atoms with Crippen LogP contribution in [-0.4, -0.2) is 56.7 Å². The molecule has 5 rings (SSSR count). The van der Waals surface area contributed by atoms with Gasteiger partial charge in [0.25, 0.3) is 0 Å². The minimum atomic E-state index is -0.437. The highest BCUT2D eigenvalue weighted by atomic mass is 16.5. The number of benzene rings is 1. The minimum absolute atomic E-state index is 0.00661. The van der Waals surface area contributed by atoms with Crippen LogP contribution in [0.3, 0.4) is 0 Å². The zero-order valence-corrected chi connectivity index (χ0v) is 20.7. The van der Waals surface area contributed by atoms with Crippen molar-refractivity contribution in [2.45, 2.75) is 38.8 Å². The van der Waals surface area contributed by atoms with E-state index < -0.39 is 5.91 Å². The molecule has 1 atom stereocenters. The molecule has 1 unspecified atom stereocenters. The number of piperidine rings is 1. The van der Waals surface area contributed by atoms with Crippen molar-refractivity contribution in [3.05, 3.63) is 65.7 Å². The number of hydrogen-bond donors (Lipinski definition) is 2. The summed E-state index contributed by atoms with van der Waals surface area (Å²) < 4.78 is 7.63. The molecule has 1 aliphatic rings. The fourth-order valence-corrected chi connectivity index (χ4v) is 4.74. The average molecular weight is 487 g/mol. The van der Waals surface area contributed by atoms with E-state index in [0.717, 1.165) is 48.4 Å². The van der Waals surface area contributed by atoms with E-state index in [1.165, 1.54) is 0 Å². The van der Waals surface area contributed by atoms with Gasteiger partial charge in [0.1, 0.15) is 23.0 Å². The zero-order valence-electron chi connectivity index (χ0n) is 20.7. The predicted molar refractivity (Wildman–Crippen MR) is 139 cm³/mol. The number of aryl methyl sites for hydroxylation is 1. The van der Waals surface area contributed by atoms with Gasteiger partial charge in [-0.3, -0.25) is 4.79 Å². The smallest absolute Gasteiger partial charge is 0.248 e. The van der Waals surface area contributed by atoms with Crippen LogP contribution in [-0.2, 0) is 4.74 Å². The van der Waals surface area contributed by atoms with Crippen LogP contribution in [0.15, 0.2) is 48.8 Å². The molecule has 3 aromatic heterocycles. The van der Waals surface area contributed by atoms with E-state index in [2.05, 4.69) is 31.7 Å². The summed E-state index contributed by atoms with van der Waals surface area (Å²) >= 11 is 0. The Labute approximate surface area is 209 Å². The Morgan fingerprint density at radius 1 is 1.11 bits per heavy atom. The second-order valence-corrected chi connectivity index (χ2v) is 9.04. The number of nitrogens with zero attached hydrogens (tertiary/aromatic N) is 6. The molecule has 186 valence electrons. The molecule has 0 bridgehead atoms. The Balaban J connectivity index is 1.39. The van der Waals surface area contributed by atoms with E-state index in [-0.39, 0.29) is 6.04 Å².